The Morgan fingerprint density at radius 2 is 2.12 bits per heavy atom. The Balaban J connectivity index is 2.53. The van der Waals surface area contributed by atoms with Crippen molar-refractivity contribution in [3.05, 3.63) is 33.6 Å². The van der Waals surface area contributed by atoms with Gasteiger partial charge in [0.1, 0.15) is 0 Å². The maximum Gasteiger partial charge on any atom is 0.200 e. The van der Waals surface area contributed by atoms with Gasteiger partial charge in [-0.05, 0) is 23.5 Å². The molecule has 2 nitrogen and oxygen atoms in total. The van der Waals surface area contributed by atoms with Crippen LogP contribution >= 0.6 is 27.7 Å². The molecule has 0 saturated heterocycles. The summed E-state index contributed by atoms with van der Waals surface area (Å²) in [5.74, 6) is 1.72. The Hall–Kier alpha value is -0.260. The molecular weight excluding hydrogens is 308 g/mol. The highest BCUT2D eigenvalue weighted by molar-refractivity contribution is 9.10. The summed E-state index contributed by atoms with van der Waals surface area (Å²) in [7, 11) is -3.21. The highest BCUT2D eigenvalue weighted by atomic mass is 79.9. The van der Waals surface area contributed by atoms with E-state index in [1.54, 1.807) is 23.9 Å². The van der Waals surface area contributed by atoms with Crippen molar-refractivity contribution in [3.8, 4) is 0 Å². The molecule has 0 aromatic heterocycles. The molecule has 0 atom stereocenters. The molecule has 1 aliphatic rings. The van der Waals surface area contributed by atoms with Crippen molar-refractivity contribution in [3.63, 3.8) is 0 Å². The van der Waals surface area contributed by atoms with Crippen LogP contribution in [0.15, 0.2) is 33.0 Å². The van der Waals surface area contributed by atoms with Crippen LogP contribution in [0.1, 0.15) is 12.5 Å². The third-order valence-electron chi connectivity index (χ3n) is 2.36. The summed E-state index contributed by atoms with van der Waals surface area (Å²) in [5, 5.41) is 1.39. The number of fused-ring (bicyclic) bond motifs is 1. The first-order chi connectivity index (χ1) is 7.56. The third-order valence-corrected chi connectivity index (χ3v) is 5.49. The number of hydrogen-bond donors (Lipinski definition) is 0. The van der Waals surface area contributed by atoms with Crippen LogP contribution in [0.25, 0.3) is 5.57 Å². The molecule has 1 heterocycles. The summed E-state index contributed by atoms with van der Waals surface area (Å²) in [6, 6.07) is 5.30. The van der Waals surface area contributed by atoms with E-state index in [1.165, 1.54) is 5.41 Å². The molecule has 0 unspecified atom stereocenters. The Morgan fingerprint density at radius 3 is 2.81 bits per heavy atom. The summed E-state index contributed by atoms with van der Waals surface area (Å²) >= 11 is 5.14. The average molecular weight is 319 g/mol. The van der Waals surface area contributed by atoms with E-state index >= 15 is 0 Å². The SMILES string of the molecule is CCSCC1=CS(=O)(=O)c2cccc(Br)c21. The monoisotopic (exact) mass is 318 g/mol. The Labute approximate surface area is 108 Å². The first-order valence-electron chi connectivity index (χ1n) is 4.88. The largest absolute Gasteiger partial charge is 0.219 e. The zero-order valence-corrected chi connectivity index (χ0v) is 12.0. The standard InChI is InChI=1S/C11H11BrO2S2/c1-2-15-6-8-7-16(13,14)10-5-3-4-9(12)11(8)10/h3-5,7H,2,6H2,1H3. The van der Waals surface area contributed by atoms with Gasteiger partial charge in [-0.3, -0.25) is 0 Å². The van der Waals surface area contributed by atoms with Gasteiger partial charge in [0, 0.05) is 21.2 Å². The van der Waals surface area contributed by atoms with Crippen LogP contribution in [0.4, 0.5) is 0 Å². The lowest BCUT2D eigenvalue weighted by molar-refractivity contribution is 0.605. The van der Waals surface area contributed by atoms with Crippen LogP contribution < -0.4 is 0 Å². The zero-order chi connectivity index (χ0) is 11.8. The maximum absolute atomic E-state index is 11.9. The molecule has 0 N–H and O–H groups in total. The molecule has 16 heavy (non-hydrogen) atoms. The topological polar surface area (TPSA) is 34.1 Å². The molecule has 0 radical (unpaired) electrons. The van der Waals surface area contributed by atoms with Crippen molar-refractivity contribution in [2.24, 2.45) is 0 Å². The van der Waals surface area contributed by atoms with E-state index in [2.05, 4.69) is 22.9 Å². The number of rotatable bonds is 3. The number of thioether (sulfide) groups is 1. The van der Waals surface area contributed by atoms with Crippen LogP contribution in [0.3, 0.4) is 0 Å². The van der Waals surface area contributed by atoms with Gasteiger partial charge in [0.05, 0.1) is 4.90 Å². The van der Waals surface area contributed by atoms with Gasteiger partial charge in [0.15, 0.2) is 0 Å². The van der Waals surface area contributed by atoms with Gasteiger partial charge in [-0.2, -0.15) is 11.8 Å². The lowest BCUT2D eigenvalue weighted by Gasteiger charge is -2.05. The van der Waals surface area contributed by atoms with Gasteiger partial charge in [-0.25, -0.2) is 8.42 Å². The molecule has 1 aliphatic heterocycles. The minimum Gasteiger partial charge on any atom is -0.219 e. The number of halogens is 1. The van der Waals surface area contributed by atoms with Crippen molar-refractivity contribution in [1.82, 2.24) is 0 Å². The maximum atomic E-state index is 11.9. The van der Waals surface area contributed by atoms with Gasteiger partial charge < -0.3 is 0 Å². The van der Waals surface area contributed by atoms with E-state index < -0.39 is 9.84 Å². The van der Waals surface area contributed by atoms with Crippen molar-refractivity contribution < 1.29 is 8.42 Å². The number of benzene rings is 1. The second kappa shape index (κ2) is 4.55. The minimum atomic E-state index is -3.21. The first-order valence-corrected chi connectivity index (χ1v) is 8.38. The van der Waals surface area contributed by atoms with E-state index in [-0.39, 0.29) is 0 Å². The Kier molecular flexibility index (Phi) is 3.47. The second-order valence-electron chi connectivity index (χ2n) is 3.44. The smallest absolute Gasteiger partial charge is 0.200 e. The summed E-state index contributed by atoms with van der Waals surface area (Å²) < 4.78 is 24.6. The molecule has 86 valence electrons. The highest BCUT2D eigenvalue weighted by Gasteiger charge is 2.28. The van der Waals surface area contributed by atoms with Crippen molar-refractivity contribution >= 4 is 43.1 Å². The van der Waals surface area contributed by atoms with Crippen molar-refractivity contribution in [2.45, 2.75) is 11.8 Å². The van der Waals surface area contributed by atoms with E-state index in [4.69, 9.17) is 0 Å². The van der Waals surface area contributed by atoms with E-state index in [9.17, 15) is 8.42 Å². The summed E-state index contributed by atoms with van der Waals surface area (Å²) in [6.07, 6.45) is 0. The fraction of sp³-hybridized carbons (Fsp3) is 0.273. The molecule has 0 spiro atoms. The van der Waals surface area contributed by atoms with Crippen LogP contribution in [-0.2, 0) is 9.84 Å². The van der Waals surface area contributed by atoms with E-state index in [0.717, 1.165) is 27.1 Å². The summed E-state index contributed by atoms with van der Waals surface area (Å²) in [4.78, 5) is 0.425. The Bertz CT molecular complexity index is 547. The van der Waals surface area contributed by atoms with Gasteiger partial charge in [-0.1, -0.05) is 28.9 Å². The van der Waals surface area contributed by atoms with Gasteiger partial charge in [0.25, 0.3) is 0 Å². The molecule has 5 heteroatoms. The fourth-order valence-corrected chi connectivity index (χ4v) is 4.69. The molecule has 0 amide bonds. The predicted molar refractivity (Wildman–Crippen MR) is 72.3 cm³/mol. The summed E-state index contributed by atoms with van der Waals surface area (Å²) in [5.41, 5.74) is 1.73. The van der Waals surface area contributed by atoms with Crippen LogP contribution in [0, 0.1) is 0 Å². The lowest BCUT2D eigenvalue weighted by atomic mass is 10.1. The van der Waals surface area contributed by atoms with Gasteiger partial charge in [0.2, 0.25) is 9.84 Å². The number of hydrogen-bond acceptors (Lipinski definition) is 3. The molecular formula is C11H11BrO2S2. The van der Waals surface area contributed by atoms with Gasteiger partial charge >= 0.3 is 0 Å². The second-order valence-corrected chi connectivity index (χ2v) is 7.33. The molecule has 0 fully saturated rings. The average Bonchev–Trinajstić information content (AvgIpc) is 2.49. The number of sulfone groups is 1. The van der Waals surface area contributed by atoms with E-state index in [1.807, 2.05) is 6.07 Å². The zero-order valence-electron chi connectivity index (χ0n) is 8.73. The molecule has 0 aliphatic carbocycles. The highest BCUT2D eigenvalue weighted by Crippen LogP contribution is 2.39. The molecule has 0 bridgehead atoms. The van der Waals surface area contributed by atoms with Crippen molar-refractivity contribution in [1.29, 1.82) is 0 Å². The molecule has 0 saturated carbocycles. The van der Waals surface area contributed by atoms with Crippen molar-refractivity contribution in [2.75, 3.05) is 11.5 Å². The van der Waals surface area contributed by atoms with Crippen LogP contribution in [0.5, 0.6) is 0 Å². The van der Waals surface area contributed by atoms with Gasteiger partial charge in [-0.15, -0.1) is 0 Å². The lowest BCUT2D eigenvalue weighted by Crippen LogP contribution is -1.93. The fourth-order valence-electron chi connectivity index (χ4n) is 1.68. The normalized spacial score (nSPS) is 17.0. The molecule has 2 rings (SSSR count). The van der Waals surface area contributed by atoms with Crippen LogP contribution in [-0.4, -0.2) is 19.9 Å². The predicted octanol–water partition coefficient (Wildman–Crippen LogP) is 3.33. The molecule has 1 aromatic rings. The quantitative estimate of drug-likeness (QED) is 0.857. The van der Waals surface area contributed by atoms with Crippen LogP contribution in [0.2, 0.25) is 0 Å². The van der Waals surface area contributed by atoms with E-state index in [0.29, 0.717) is 4.90 Å². The molecule has 1 aromatic carbocycles. The first kappa shape index (κ1) is 12.2. The minimum absolute atomic E-state index is 0.425. The summed E-state index contributed by atoms with van der Waals surface area (Å²) in [6.45, 7) is 2.07. The Morgan fingerprint density at radius 1 is 1.38 bits per heavy atom. The third kappa shape index (κ3) is 2.08.